The normalized spacial score (nSPS) is 30.5. The number of aliphatic hydroxyl groups is 4. The molecule has 0 aromatic carbocycles. The molecule has 0 spiro atoms. The quantitative estimate of drug-likeness (QED) is 0.0221. The Hall–Kier alpha value is -4.37. The van der Waals surface area contributed by atoms with Crippen LogP contribution in [-0.2, 0) is 71.0 Å². The standard InChI is InChI=1S/C32H43N15O22P4S2/c1-44-9-47(25-15(44)27(53)43-32(35)41-25)29-19(51)17(49)11(65-29)4-62-71(56,57)68-73(59,75)69-72(58,74)63-5-12-20(21(60-2)30(66-12)45-7-38-13-22(33)36-6-37-23(13)45)67-70(54,55)61-3-10-16(48)18(50)28(64-10)46-8-39-14-24(46)40-31(34)42-26(14)52/h6-12,16-21,28-30,48-51H,3-5H2,1-2H3,(H11-,33,34,35,36,37,40,41,42,43,52,53,54,55,56,57,58,59,74,75)/p+1. The van der Waals surface area contributed by atoms with Gasteiger partial charge in [-0.2, -0.15) is 18.8 Å². The highest BCUT2D eigenvalue weighted by atomic mass is 32.7. The summed E-state index contributed by atoms with van der Waals surface area (Å²) < 4.78 is 112. The topological polar surface area (TPSA) is 522 Å². The number of anilines is 3. The Morgan fingerprint density at radius 3 is 1.85 bits per heavy atom. The van der Waals surface area contributed by atoms with Gasteiger partial charge in [0.1, 0.15) is 66.8 Å². The lowest BCUT2D eigenvalue weighted by atomic mass is 10.1. The second kappa shape index (κ2) is 20.8. The van der Waals surface area contributed by atoms with Crippen LogP contribution in [0.4, 0.5) is 17.7 Å². The summed E-state index contributed by atoms with van der Waals surface area (Å²) >= 11 is 7.39. The van der Waals surface area contributed by atoms with Crippen LogP contribution in [0.2, 0.25) is 0 Å². The number of aryl methyl sites for hydroxylation is 1. The van der Waals surface area contributed by atoms with Gasteiger partial charge in [0.2, 0.25) is 24.5 Å². The Morgan fingerprint density at radius 1 is 0.667 bits per heavy atom. The Balaban J connectivity index is 0.862. The molecule has 6 aromatic heterocycles. The van der Waals surface area contributed by atoms with Crippen molar-refractivity contribution in [2.24, 2.45) is 7.05 Å². The van der Waals surface area contributed by atoms with Gasteiger partial charge < -0.3 is 66.4 Å². The number of nitrogens with zero attached hydrogens (tertiary/aromatic N) is 10. The van der Waals surface area contributed by atoms with E-state index < -0.39 is 134 Å². The number of nitrogens with two attached hydrogens (primary N) is 3. The van der Waals surface area contributed by atoms with Gasteiger partial charge in [-0.15, -0.1) is 0 Å². The predicted molar refractivity (Wildman–Crippen MR) is 253 cm³/mol. The Kier molecular flexibility index (Phi) is 15.3. The molecule has 410 valence electrons. The number of methoxy groups -OCH3 is 1. The van der Waals surface area contributed by atoms with Crippen molar-refractivity contribution in [3.05, 3.63) is 46.0 Å². The van der Waals surface area contributed by atoms with Crippen molar-refractivity contribution in [2.75, 3.05) is 44.1 Å². The summed E-state index contributed by atoms with van der Waals surface area (Å²) in [5, 5.41) is 43.3. The van der Waals surface area contributed by atoms with Crippen LogP contribution in [0, 0.1) is 0 Å². The molecule has 3 fully saturated rings. The van der Waals surface area contributed by atoms with Crippen molar-refractivity contribution in [1.82, 2.24) is 53.6 Å². The van der Waals surface area contributed by atoms with Crippen LogP contribution in [0.3, 0.4) is 0 Å². The first-order valence-electron chi connectivity index (χ1n) is 21.2. The minimum absolute atomic E-state index is 0.00932. The summed E-state index contributed by atoms with van der Waals surface area (Å²) in [6, 6.07) is 0. The van der Waals surface area contributed by atoms with Crippen LogP contribution < -0.4 is 32.9 Å². The van der Waals surface area contributed by atoms with Gasteiger partial charge in [0.15, 0.2) is 35.1 Å². The molecule has 0 radical (unpaired) electrons. The monoisotopic (exact) mass is 1180 g/mol. The number of ether oxygens (including phenoxy) is 4. The molecule has 3 saturated heterocycles. The number of phosphoric ester groups is 2. The van der Waals surface area contributed by atoms with Crippen molar-refractivity contribution in [1.29, 1.82) is 0 Å². The Morgan fingerprint density at radius 2 is 1.21 bits per heavy atom. The molecule has 16 unspecified atom stereocenters. The fourth-order valence-corrected chi connectivity index (χ4v) is 16.0. The molecule has 14 N–H and O–H groups in total. The smallest absolute Gasteiger partial charge is 0.387 e. The number of nitrogen functional groups attached to an aromatic ring is 3. The average Bonchev–Trinajstić information content (AvgIpc) is 4.17. The van der Waals surface area contributed by atoms with Gasteiger partial charge in [0.25, 0.3) is 16.7 Å². The maximum absolute atomic E-state index is 13.7. The lowest BCUT2D eigenvalue weighted by molar-refractivity contribution is -0.646. The lowest BCUT2D eigenvalue weighted by Crippen LogP contribution is -2.37. The van der Waals surface area contributed by atoms with E-state index in [4.69, 9.17) is 58.6 Å². The molecule has 6 aromatic rings. The fraction of sp³-hybridized carbons (Fsp3) is 0.531. The van der Waals surface area contributed by atoms with Crippen molar-refractivity contribution in [2.45, 2.75) is 73.6 Å². The van der Waals surface area contributed by atoms with E-state index in [0.29, 0.717) is 0 Å². The molecular weight excluding hydrogens is 1130 g/mol. The van der Waals surface area contributed by atoms with Gasteiger partial charge in [0.05, 0.1) is 39.5 Å². The molecule has 9 rings (SSSR count). The van der Waals surface area contributed by atoms with Crippen LogP contribution >= 0.6 is 53.7 Å². The van der Waals surface area contributed by atoms with Crippen molar-refractivity contribution in [3.8, 4) is 0 Å². The number of nitrogens with one attached hydrogen (secondary N) is 2. The summed E-state index contributed by atoms with van der Waals surface area (Å²) in [4.78, 5) is 75.2. The summed E-state index contributed by atoms with van der Waals surface area (Å²) in [6.45, 7) is -13.4. The number of aromatic amines is 2. The second-order valence-corrected chi connectivity index (χ2v) is 25.4. The number of H-pyrrole nitrogens is 2. The molecule has 3 aliphatic heterocycles. The number of rotatable bonds is 19. The van der Waals surface area contributed by atoms with Gasteiger partial charge in [-0.25, -0.2) is 47.1 Å². The number of imidazole rings is 3. The van der Waals surface area contributed by atoms with E-state index in [1.54, 1.807) is 0 Å². The molecule has 0 bridgehead atoms. The number of phosphoric acid groups is 2. The fourth-order valence-electron chi connectivity index (χ4n) is 8.29. The highest BCUT2D eigenvalue weighted by Crippen LogP contribution is 2.74. The highest BCUT2D eigenvalue weighted by Gasteiger charge is 2.53. The van der Waals surface area contributed by atoms with Crippen LogP contribution in [0.25, 0.3) is 33.5 Å². The molecule has 0 saturated carbocycles. The minimum Gasteiger partial charge on any atom is -0.387 e. The van der Waals surface area contributed by atoms with Gasteiger partial charge in [-0.1, -0.05) is 24.5 Å². The zero-order valence-electron chi connectivity index (χ0n) is 38.0. The molecule has 9 heterocycles. The first-order chi connectivity index (χ1) is 35.2. The number of hydrogen-bond acceptors (Lipinski definition) is 29. The number of aliphatic hydroxyl groups excluding tert-OH is 4. The minimum atomic E-state index is -5.59. The molecule has 37 nitrogen and oxygen atoms in total. The van der Waals surface area contributed by atoms with Crippen LogP contribution in [0.1, 0.15) is 18.7 Å². The van der Waals surface area contributed by atoms with E-state index in [2.05, 4.69) is 68.7 Å². The predicted octanol–water partition coefficient (Wildman–Crippen LogP) is -2.84. The van der Waals surface area contributed by atoms with E-state index >= 15 is 0 Å². The Bertz CT molecular complexity index is 3480. The maximum Gasteiger partial charge on any atom is 0.480 e. The van der Waals surface area contributed by atoms with Crippen molar-refractivity contribution in [3.63, 3.8) is 0 Å². The number of fused-ring (bicyclic) bond motifs is 3. The summed E-state index contributed by atoms with van der Waals surface area (Å²) in [5.41, 5.74) is 15.7. The molecule has 0 amide bonds. The molecule has 3 aliphatic rings. The average molecular weight is 1180 g/mol. The molecule has 16 atom stereocenters. The van der Waals surface area contributed by atoms with Gasteiger partial charge in [-0.3, -0.25) is 46.8 Å². The second-order valence-electron chi connectivity index (χ2n) is 16.5. The van der Waals surface area contributed by atoms with Crippen molar-refractivity contribution >= 4 is 105 Å². The Labute approximate surface area is 426 Å². The van der Waals surface area contributed by atoms with Crippen LogP contribution in [0.15, 0.2) is 34.9 Å². The highest BCUT2D eigenvalue weighted by molar-refractivity contribution is 8.50. The zero-order chi connectivity index (χ0) is 54.3. The number of hydrogen-bond donors (Lipinski definition) is 13. The molecular formula is C32H44N15O22P4S2+. The third-order valence-corrected chi connectivity index (χ3v) is 19.1. The van der Waals surface area contributed by atoms with Gasteiger partial charge >= 0.3 is 34.8 Å². The number of aromatic nitrogens is 12. The molecule has 0 aliphatic carbocycles. The van der Waals surface area contributed by atoms with E-state index in [1.807, 2.05) is 0 Å². The molecule has 75 heavy (non-hydrogen) atoms. The van der Waals surface area contributed by atoms with Crippen LogP contribution in [-0.4, -0.2) is 166 Å². The zero-order valence-corrected chi connectivity index (χ0v) is 43.3. The SMILES string of the molecule is COC1C(OP(=O)(O)OCC2OC(n3cnc4c(=O)[nH]c(N)nc43)C(O)C2O)C(COP(=O)(S)OP(=O)(S)OP(=O)(O)OCC2OC(n3c[n+](C)c4c(=O)[nH]c(N)nc43)C(O)C2O)OC1n1cnc2c(N)ncnc21. The lowest BCUT2D eigenvalue weighted by Gasteiger charge is -2.26. The van der Waals surface area contributed by atoms with E-state index in [0.717, 1.165) is 24.3 Å². The van der Waals surface area contributed by atoms with Gasteiger partial charge in [-0.05, 0) is 0 Å². The summed E-state index contributed by atoms with van der Waals surface area (Å²) in [7, 11) is -8.35. The maximum atomic E-state index is 13.7. The van der Waals surface area contributed by atoms with E-state index in [9.17, 15) is 58.1 Å². The largest absolute Gasteiger partial charge is 0.480 e. The van der Waals surface area contributed by atoms with E-state index in [1.165, 1.54) is 33.4 Å². The van der Waals surface area contributed by atoms with Crippen molar-refractivity contribution < 1.29 is 98.7 Å². The first-order valence-corrected chi connectivity index (χ1v) is 29.5. The summed E-state index contributed by atoms with van der Waals surface area (Å²) in [5.74, 6) is -0.631. The first kappa shape index (κ1) is 55.4. The third kappa shape index (κ3) is 11.2. The van der Waals surface area contributed by atoms with E-state index in [-0.39, 0.29) is 51.2 Å². The van der Waals surface area contributed by atoms with Gasteiger partial charge in [0, 0.05) is 7.11 Å². The summed E-state index contributed by atoms with van der Waals surface area (Å²) in [6.07, 6.45) is -14.8. The number of thiol groups is 2. The van der Waals surface area contributed by atoms with Crippen LogP contribution in [0.5, 0.6) is 0 Å². The molecule has 43 heteroatoms. The third-order valence-electron chi connectivity index (χ3n) is 11.6.